The summed E-state index contributed by atoms with van der Waals surface area (Å²) >= 11 is 12.2. The molecule has 0 saturated heterocycles. The van der Waals surface area contributed by atoms with E-state index in [-0.39, 0.29) is 24.8 Å². The van der Waals surface area contributed by atoms with Gasteiger partial charge in [0.1, 0.15) is 13.2 Å². The summed E-state index contributed by atoms with van der Waals surface area (Å²) in [5.41, 5.74) is 1.57. The number of aliphatic hydroxyl groups excluding tert-OH is 1. The van der Waals surface area contributed by atoms with Crippen LogP contribution in [0.1, 0.15) is 11.1 Å². The lowest BCUT2D eigenvalue weighted by atomic mass is 10.2. The van der Waals surface area contributed by atoms with Gasteiger partial charge in [0, 0.05) is 17.6 Å². The van der Waals surface area contributed by atoms with Gasteiger partial charge < -0.3 is 10.0 Å². The van der Waals surface area contributed by atoms with Crippen molar-refractivity contribution in [1.82, 2.24) is 5.06 Å². The first kappa shape index (κ1) is 20.2. The van der Waals surface area contributed by atoms with Crippen LogP contribution in [0.25, 0.3) is 0 Å². The van der Waals surface area contributed by atoms with E-state index in [1.165, 1.54) is 11.9 Å². The highest BCUT2D eigenvalue weighted by molar-refractivity contribution is 6.38. The number of aliphatic hydroxyl groups is 1. The second kappa shape index (κ2) is 9.54. The van der Waals surface area contributed by atoms with Crippen molar-refractivity contribution in [2.24, 2.45) is 0 Å². The molecule has 0 unspecified atom stereocenters. The van der Waals surface area contributed by atoms with Gasteiger partial charge in [-0.25, -0.2) is 5.06 Å². The highest BCUT2D eigenvalue weighted by Crippen LogP contribution is 2.33. The van der Waals surface area contributed by atoms with Crippen molar-refractivity contribution in [3.63, 3.8) is 0 Å². The van der Waals surface area contributed by atoms with Crippen molar-refractivity contribution in [2.45, 2.75) is 13.2 Å². The molecule has 0 spiro atoms. The quantitative estimate of drug-likeness (QED) is 0.549. The third kappa shape index (κ3) is 4.95. The van der Waals surface area contributed by atoms with Gasteiger partial charge in [0.25, 0.3) is 0 Å². The fourth-order valence-electron chi connectivity index (χ4n) is 2.21. The van der Waals surface area contributed by atoms with Crippen molar-refractivity contribution in [3.05, 3.63) is 63.6 Å². The Morgan fingerprint density at radius 3 is 2.50 bits per heavy atom. The number of carbonyl (C=O) groups is 2. The predicted molar refractivity (Wildman–Crippen MR) is 99.8 cm³/mol. The number of nitrogens with zero attached hydrogens (tertiary/aromatic N) is 2. The minimum Gasteiger partial charge on any atom is -0.392 e. The largest absolute Gasteiger partial charge is 0.392 e. The molecule has 2 aromatic rings. The molecule has 0 heterocycles. The van der Waals surface area contributed by atoms with Crippen LogP contribution < -0.4 is 4.90 Å². The van der Waals surface area contributed by atoms with Crippen LogP contribution in [-0.2, 0) is 27.6 Å². The lowest BCUT2D eigenvalue weighted by Crippen LogP contribution is -2.38. The van der Waals surface area contributed by atoms with Crippen LogP contribution in [0, 0.1) is 0 Å². The van der Waals surface area contributed by atoms with Gasteiger partial charge in [-0.3, -0.25) is 14.4 Å². The molecule has 0 fully saturated rings. The van der Waals surface area contributed by atoms with E-state index in [0.717, 1.165) is 10.6 Å². The zero-order valence-corrected chi connectivity index (χ0v) is 15.6. The van der Waals surface area contributed by atoms with Crippen LogP contribution in [0.15, 0.2) is 42.5 Å². The molecule has 2 rings (SSSR count). The van der Waals surface area contributed by atoms with Crippen LogP contribution >= 0.6 is 23.2 Å². The summed E-state index contributed by atoms with van der Waals surface area (Å²) in [6.45, 7) is -0.485. The molecule has 1 N–H and O–H groups in total. The number of rotatable bonds is 8. The Balaban J connectivity index is 2.04. The molecule has 6 nitrogen and oxygen atoms in total. The topological polar surface area (TPSA) is 70.1 Å². The van der Waals surface area contributed by atoms with Gasteiger partial charge in [-0.2, -0.15) is 0 Å². The molecule has 0 aliphatic heterocycles. The van der Waals surface area contributed by atoms with E-state index >= 15 is 0 Å². The van der Waals surface area contributed by atoms with Crippen LogP contribution in [0.3, 0.4) is 0 Å². The first-order valence-corrected chi connectivity index (χ1v) is 8.46. The second-order valence-corrected chi connectivity index (χ2v) is 6.19. The number of likely N-dealkylation sites (N-methyl/N-ethyl adjacent to an activating group) is 1. The zero-order chi connectivity index (χ0) is 19.1. The fourth-order valence-corrected chi connectivity index (χ4v) is 2.82. The fraction of sp³-hybridized carbons (Fsp3) is 0.222. The van der Waals surface area contributed by atoms with Gasteiger partial charge >= 0.3 is 0 Å². The summed E-state index contributed by atoms with van der Waals surface area (Å²) in [6, 6.07) is 12.4. The van der Waals surface area contributed by atoms with Gasteiger partial charge in [-0.1, -0.05) is 53.5 Å². The van der Waals surface area contributed by atoms with E-state index in [1.807, 2.05) is 30.3 Å². The highest BCUT2D eigenvalue weighted by atomic mass is 35.5. The Morgan fingerprint density at radius 2 is 1.88 bits per heavy atom. The van der Waals surface area contributed by atoms with E-state index in [9.17, 15) is 14.7 Å². The van der Waals surface area contributed by atoms with Crippen LogP contribution in [0.2, 0.25) is 10.0 Å². The molecule has 8 heteroatoms. The first-order valence-electron chi connectivity index (χ1n) is 7.71. The summed E-state index contributed by atoms with van der Waals surface area (Å²) in [4.78, 5) is 30.3. The van der Waals surface area contributed by atoms with E-state index in [4.69, 9.17) is 28.0 Å². The van der Waals surface area contributed by atoms with E-state index in [0.29, 0.717) is 22.7 Å². The minimum absolute atomic E-state index is 0.160. The van der Waals surface area contributed by atoms with Gasteiger partial charge in [-0.05, 0) is 17.7 Å². The molecule has 0 aliphatic carbocycles. The van der Waals surface area contributed by atoms with E-state index in [2.05, 4.69) is 0 Å². The molecule has 0 radical (unpaired) electrons. The average Bonchev–Trinajstić information content (AvgIpc) is 2.65. The number of hydroxylamine groups is 2. The lowest BCUT2D eigenvalue weighted by molar-refractivity contribution is -0.179. The highest BCUT2D eigenvalue weighted by Gasteiger charge is 2.20. The Labute approximate surface area is 161 Å². The maximum atomic E-state index is 12.5. The Kier molecular flexibility index (Phi) is 7.41. The molecular formula is C18H18Cl2N2O4. The average molecular weight is 397 g/mol. The summed E-state index contributed by atoms with van der Waals surface area (Å²) in [5.74, 6) is -0.418. The maximum absolute atomic E-state index is 12.5. The third-order valence-electron chi connectivity index (χ3n) is 3.71. The molecule has 2 amide bonds. The van der Waals surface area contributed by atoms with Crippen molar-refractivity contribution < 1.29 is 19.5 Å². The summed E-state index contributed by atoms with van der Waals surface area (Å²) < 4.78 is 0. The molecule has 0 atom stereocenters. The summed E-state index contributed by atoms with van der Waals surface area (Å²) in [5, 5.41) is 10.8. The Hall–Kier alpha value is -2.12. The van der Waals surface area contributed by atoms with E-state index in [1.54, 1.807) is 12.1 Å². The second-order valence-electron chi connectivity index (χ2n) is 5.41. The maximum Gasteiger partial charge on any atom is 0.249 e. The molecule has 0 bridgehead atoms. The molecule has 0 aliphatic rings. The Bertz CT molecular complexity index is 771. The van der Waals surface area contributed by atoms with Gasteiger partial charge in [0.2, 0.25) is 12.3 Å². The SMILES string of the molecule is CN(C(=O)CN(C=O)OCc1ccccc1)c1ccc(Cl)c(CO)c1Cl. The number of hydrogen-bond acceptors (Lipinski definition) is 4. The van der Waals surface area contributed by atoms with Crippen molar-refractivity contribution in [2.75, 3.05) is 18.5 Å². The predicted octanol–water partition coefficient (Wildman–Crippen LogP) is 3.04. The molecule has 26 heavy (non-hydrogen) atoms. The van der Waals surface area contributed by atoms with Crippen LogP contribution in [0.5, 0.6) is 0 Å². The summed E-state index contributed by atoms with van der Waals surface area (Å²) in [6.07, 6.45) is 0.442. The number of benzene rings is 2. The minimum atomic E-state index is -0.418. The third-order valence-corrected chi connectivity index (χ3v) is 4.48. The zero-order valence-electron chi connectivity index (χ0n) is 14.1. The smallest absolute Gasteiger partial charge is 0.249 e. The molecule has 0 saturated carbocycles. The molecular weight excluding hydrogens is 379 g/mol. The lowest BCUT2D eigenvalue weighted by Gasteiger charge is -2.23. The standard InChI is InChI=1S/C18H18Cl2N2O4/c1-21(16-8-7-15(19)14(10-23)18(16)20)17(25)9-22(12-24)26-11-13-5-3-2-4-6-13/h2-8,12,23H,9-11H2,1H3. The van der Waals surface area contributed by atoms with Crippen molar-refractivity contribution in [3.8, 4) is 0 Å². The number of anilines is 1. The number of hydrogen-bond donors (Lipinski definition) is 1. The monoisotopic (exact) mass is 396 g/mol. The molecule has 138 valence electrons. The molecule has 2 aromatic carbocycles. The van der Waals surface area contributed by atoms with Gasteiger partial charge in [0.05, 0.1) is 17.3 Å². The normalized spacial score (nSPS) is 10.5. The Morgan fingerprint density at radius 1 is 1.19 bits per heavy atom. The van der Waals surface area contributed by atoms with Crippen LogP contribution in [-0.4, -0.2) is 36.1 Å². The van der Waals surface area contributed by atoms with E-state index < -0.39 is 5.91 Å². The number of carbonyl (C=O) groups excluding carboxylic acids is 2. The van der Waals surface area contributed by atoms with Crippen molar-refractivity contribution in [1.29, 1.82) is 0 Å². The first-order chi connectivity index (χ1) is 12.5. The summed E-state index contributed by atoms with van der Waals surface area (Å²) in [7, 11) is 1.51. The van der Waals surface area contributed by atoms with Gasteiger partial charge in [-0.15, -0.1) is 0 Å². The van der Waals surface area contributed by atoms with Gasteiger partial charge in [0.15, 0.2) is 0 Å². The molecule has 0 aromatic heterocycles. The number of halogens is 2. The van der Waals surface area contributed by atoms with Crippen LogP contribution in [0.4, 0.5) is 5.69 Å². The number of amides is 2. The van der Waals surface area contributed by atoms with Crippen molar-refractivity contribution >= 4 is 41.2 Å².